The van der Waals surface area contributed by atoms with Crippen molar-refractivity contribution in [2.24, 2.45) is 0 Å². The molecule has 0 heterocycles. The summed E-state index contributed by atoms with van der Waals surface area (Å²) in [5, 5.41) is 0.142. The third-order valence-corrected chi connectivity index (χ3v) is 2.69. The van der Waals surface area contributed by atoms with Crippen molar-refractivity contribution in [3.63, 3.8) is 0 Å². The van der Waals surface area contributed by atoms with Crippen LogP contribution in [0.15, 0.2) is 54.6 Å². The SMILES string of the molecule is Nc1ccccc1C(=O)OC(=S)c1ccccc1. The minimum absolute atomic E-state index is 0.142. The van der Waals surface area contributed by atoms with Crippen LogP contribution in [0.25, 0.3) is 0 Å². The molecule has 0 unspecified atom stereocenters. The van der Waals surface area contributed by atoms with Crippen LogP contribution in [0.2, 0.25) is 0 Å². The molecule has 0 radical (unpaired) electrons. The summed E-state index contributed by atoms with van der Waals surface area (Å²) in [5.74, 6) is -0.540. The van der Waals surface area contributed by atoms with E-state index in [0.717, 1.165) is 0 Å². The lowest BCUT2D eigenvalue weighted by Crippen LogP contribution is -2.13. The zero-order chi connectivity index (χ0) is 13.0. The molecule has 2 aromatic carbocycles. The van der Waals surface area contributed by atoms with Crippen molar-refractivity contribution in [3.05, 3.63) is 65.7 Å². The average Bonchev–Trinajstić information content (AvgIpc) is 2.40. The first-order valence-corrected chi connectivity index (χ1v) is 5.75. The lowest BCUT2D eigenvalue weighted by Gasteiger charge is -2.07. The Kier molecular flexibility index (Phi) is 3.69. The van der Waals surface area contributed by atoms with Crippen molar-refractivity contribution in [2.45, 2.75) is 0 Å². The van der Waals surface area contributed by atoms with Crippen LogP contribution < -0.4 is 5.73 Å². The molecular formula is C14H11NO2S. The van der Waals surface area contributed by atoms with Gasteiger partial charge >= 0.3 is 5.97 Å². The Balaban J connectivity index is 2.14. The van der Waals surface area contributed by atoms with Gasteiger partial charge in [0.05, 0.1) is 5.56 Å². The number of ether oxygens (including phenoxy) is 1. The van der Waals surface area contributed by atoms with Crippen molar-refractivity contribution in [2.75, 3.05) is 5.73 Å². The number of rotatable bonds is 2. The van der Waals surface area contributed by atoms with Crippen molar-refractivity contribution in [1.82, 2.24) is 0 Å². The quantitative estimate of drug-likeness (QED) is 0.510. The topological polar surface area (TPSA) is 52.3 Å². The largest absolute Gasteiger partial charge is 0.410 e. The first-order chi connectivity index (χ1) is 8.68. The fraction of sp³-hybridized carbons (Fsp3) is 0. The molecule has 0 aromatic heterocycles. The van der Waals surface area contributed by atoms with E-state index in [1.165, 1.54) is 0 Å². The molecule has 90 valence electrons. The number of carbonyl (C=O) groups excluding carboxylic acids is 1. The first-order valence-electron chi connectivity index (χ1n) is 5.34. The zero-order valence-corrected chi connectivity index (χ0v) is 10.3. The van der Waals surface area contributed by atoms with E-state index in [0.29, 0.717) is 16.8 Å². The molecule has 0 amide bonds. The minimum atomic E-state index is -0.540. The molecule has 0 aliphatic heterocycles. The fourth-order valence-electron chi connectivity index (χ4n) is 1.46. The van der Waals surface area contributed by atoms with Crippen molar-refractivity contribution >= 4 is 28.9 Å². The number of para-hydroxylation sites is 1. The second-order valence-corrected chi connectivity index (χ2v) is 4.00. The summed E-state index contributed by atoms with van der Waals surface area (Å²) in [4.78, 5) is 11.9. The van der Waals surface area contributed by atoms with Crippen LogP contribution in [0.1, 0.15) is 15.9 Å². The van der Waals surface area contributed by atoms with Crippen LogP contribution in [0, 0.1) is 0 Å². The van der Waals surface area contributed by atoms with Crippen molar-refractivity contribution in [1.29, 1.82) is 0 Å². The Labute approximate surface area is 110 Å². The van der Waals surface area contributed by atoms with E-state index in [1.807, 2.05) is 18.2 Å². The Morgan fingerprint density at radius 2 is 1.61 bits per heavy atom. The summed E-state index contributed by atoms with van der Waals surface area (Å²) >= 11 is 5.06. The van der Waals surface area contributed by atoms with Crippen LogP contribution >= 0.6 is 12.2 Å². The number of esters is 1. The molecule has 0 saturated heterocycles. The van der Waals surface area contributed by atoms with Gasteiger partial charge in [-0.3, -0.25) is 0 Å². The molecule has 0 aliphatic carbocycles. The van der Waals surface area contributed by atoms with Gasteiger partial charge in [0.25, 0.3) is 0 Å². The summed E-state index contributed by atoms with van der Waals surface area (Å²) in [5.41, 5.74) is 7.07. The summed E-state index contributed by atoms with van der Waals surface area (Å²) in [6.45, 7) is 0. The highest BCUT2D eigenvalue weighted by Gasteiger charge is 2.13. The van der Waals surface area contributed by atoms with Crippen molar-refractivity contribution < 1.29 is 9.53 Å². The molecule has 0 spiro atoms. The van der Waals surface area contributed by atoms with Crippen LogP contribution in [0.4, 0.5) is 5.69 Å². The number of hydrogen-bond donors (Lipinski definition) is 1. The lowest BCUT2D eigenvalue weighted by molar-refractivity contribution is 0.0724. The first kappa shape index (κ1) is 12.3. The van der Waals surface area contributed by atoms with E-state index in [4.69, 9.17) is 22.7 Å². The van der Waals surface area contributed by atoms with Crippen molar-refractivity contribution in [3.8, 4) is 0 Å². The molecular weight excluding hydrogens is 246 g/mol. The van der Waals surface area contributed by atoms with E-state index in [9.17, 15) is 4.79 Å². The van der Waals surface area contributed by atoms with E-state index in [1.54, 1.807) is 36.4 Å². The van der Waals surface area contributed by atoms with Gasteiger partial charge in [-0.2, -0.15) is 0 Å². The highest BCUT2D eigenvalue weighted by molar-refractivity contribution is 7.80. The van der Waals surface area contributed by atoms with Crippen LogP contribution in [0.3, 0.4) is 0 Å². The number of hydrogen-bond acceptors (Lipinski definition) is 4. The Morgan fingerprint density at radius 1 is 1.00 bits per heavy atom. The monoisotopic (exact) mass is 257 g/mol. The van der Waals surface area contributed by atoms with Gasteiger partial charge in [-0.25, -0.2) is 4.79 Å². The van der Waals surface area contributed by atoms with E-state index < -0.39 is 5.97 Å². The highest BCUT2D eigenvalue weighted by atomic mass is 32.1. The smallest absolute Gasteiger partial charge is 0.346 e. The molecule has 2 aromatic rings. The van der Waals surface area contributed by atoms with E-state index >= 15 is 0 Å². The molecule has 3 nitrogen and oxygen atoms in total. The normalized spacial score (nSPS) is 9.78. The third-order valence-electron chi connectivity index (χ3n) is 2.38. The maximum absolute atomic E-state index is 11.9. The number of carbonyl (C=O) groups is 1. The average molecular weight is 257 g/mol. The third kappa shape index (κ3) is 2.73. The van der Waals surface area contributed by atoms with Gasteiger partial charge < -0.3 is 10.5 Å². The summed E-state index contributed by atoms with van der Waals surface area (Å²) < 4.78 is 5.12. The molecule has 0 bridgehead atoms. The predicted octanol–water partition coefficient (Wildman–Crippen LogP) is 2.80. The van der Waals surface area contributed by atoms with Gasteiger partial charge in [0.1, 0.15) is 0 Å². The second-order valence-electron chi connectivity index (χ2n) is 3.63. The van der Waals surface area contributed by atoms with E-state index in [2.05, 4.69) is 0 Å². The minimum Gasteiger partial charge on any atom is -0.410 e. The molecule has 0 saturated carbocycles. The number of nitrogens with two attached hydrogens (primary N) is 1. The van der Waals surface area contributed by atoms with Gasteiger partial charge in [0.2, 0.25) is 5.05 Å². The molecule has 4 heteroatoms. The van der Waals surface area contributed by atoms with E-state index in [-0.39, 0.29) is 5.05 Å². The molecule has 18 heavy (non-hydrogen) atoms. The summed E-state index contributed by atoms with van der Waals surface area (Å²) in [6.07, 6.45) is 0. The fourth-order valence-corrected chi connectivity index (χ4v) is 1.67. The second kappa shape index (κ2) is 5.42. The van der Waals surface area contributed by atoms with Gasteiger partial charge in [-0.1, -0.05) is 42.5 Å². The molecule has 0 fully saturated rings. The highest BCUT2D eigenvalue weighted by Crippen LogP contribution is 2.13. The van der Waals surface area contributed by atoms with Crippen LogP contribution in [-0.4, -0.2) is 11.0 Å². The maximum Gasteiger partial charge on any atom is 0.346 e. The molecule has 2 N–H and O–H groups in total. The van der Waals surface area contributed by atoms with Crippen LogP contribution in [0.5, 0.6) is 0 Å². The molecule has 0 aliphatic rings. The number of nitrogen functional groups attached to an aromatic ring is 1. The standard InChI is InChI=1S/C14H11NO2S/c15-12-9-5-4-8-11(12)13(16)17-14(18)10-6-2-1-3-7-10/h1-9H,15H2. The van der Waals surface area contributed by atoms with Gasteiger partial charge in [-0.15, -0.1) is 0 Å². The lowest BCUT2D eigenvalue weighted by atomic mass is 10.2. The summed E-state index contributed by atoms with van der Waals surface area (Å²) in [7, 11) is 0. The Hall–Kier alpha value is -2.20. The Bertz CT molecular complexity index is 581. The van der Waals surface area contributed by atoms with Crippen LogP contribution in [-0.2, 0) is 4.74 Å². The number of benzene rings is 2. The van der Waals surface area contributed by atoms with Gasteiger partial charge in [0, 0.05) is 11.3 Å². The molecule has 0 atom stereocenters. The number of anilines is 1. The van der Waals surface area contributed by atoms with Gasteiger partial charge in [-0.05, 0) is 24.4 Å². The maximum atomic E-state index is 11.9. The van der Waals surface area contributed by atoms with Gasteiger partial charge in [0.15, 0.2) is 0 Å². The number of thiocarbonyl (C=S) groups is 1. The summed E-state index contributed by atoms with van der Waals surface area (Å²) in [6, 6.07) is 15.8. The Morgan fingerprint density at radius 3 is 2.28 bits per heavy atom. The predicted molar refractivity (Wildman–Crippen MR) is 74.4 cm³/mol. The zero-order valence-electron chi connectivity index (χ0n) is 9.50. The molecule has 2 rings (SSSR count).